The number of fused-ring (bicyclic) bond motifs is 1. The molecule has 7 nitrogen and oxygen atoms in total. The first-order chi connectivity index (χ1) is 19.8. The summed E-state index contributed by atoms with van der Waals surface area (Å²) in [6, 6.07) is 24.5. The van der Waals surface area contributed by atoms with Crippen molar-refractivity contribution in [1.29, 1.82) is 0 Å². The van der Waals surface area contributed by atoms with E-state index in [0.717, 1.165) is 36.6 Å². The zero-order valence-corrected chi connectivity index (χ0v) is 25.6. The Labute approximate surface area is 260 Å². The van der Waals surface area contributed by atoms with Gasteiger partial charge in [-0.25, -0.2) is 0 Å². The number of halogens is 2. The molecule has 0 atom stereocenters. The number of benzene rings is 4. The van der Waals surface area contributed by atoms with E-state index in [2.05, 4.69) is 46.1 Å². The van der Waals surface area contributed by atoms with Crippen molar-refractivity contribution in [3.63, 3.8) is 0 Å². The molecule has 4 aromatic rings. The second-order valence-electron chi connectivity index (χ2n) is 9.01. The van der Waals surface area contributed by atoms with Crippen LogP contribution in [0.5, 0.6) is 11.5 Å². The van der Waals surface area contributed by atoms with Gasteiger partial charge >= 0.3 is 0 Å². The third-order valence-corrected chi connectivity index (χ3v) is 8.15. The Balaban J connectivity index is 1.32. The zero-order valence-electron chi connectivity index (χ0n) is 21.9. The third-order valence-electron chi connectivity index (χ3n) is 6.18. The SMILES string of the molecule is CCOc1cc(/C=C2/SC(=O)N(CC(=O)Nc3ccc(Cl)cc3)C2=O)cc(I)c1OCc1cccc2ccccc12. The summed E-state index contributed by atoms with van der Waals surface area (Å²) in [5.41, 5.74) is 2.24. The molecule has 10 heteroatoms. The number of rotatable bonds is 9. The number of nitrogens with one attached hydrogen (secondary N) is 1. The Morgan fingerprint density at radius 2 is 1.78 bits per heavy atom. The molecule has 0 spiro atoms. The average Bonchev–Trinajstić information content (AvgIpc) is 3.21. The molecule has 1 saturated heterocycles. The third kappa shape index (κ3) is 6.86. The monoisotopic (exact) mass is 698 g/mol. The number of carbonyl (C=O) groups is 3. The molecule has 1 fully saturated rings. The van der Waals surface area contributed by atoms with Crippen molar-refractivity contribution in [2.24, 2.45) is 0 Å². The molecule has 0 aliphatic carbocycles. The lowest BCUT2D eigenvalue weighted by molar-refractivity contribution is -0.127. The number of thioether (sulfide) groups is 1. The van der Waals surface area contributed by atoms with Gasteiger partial charge in [0.1, 0.15) is 13.2 Å². The van der Waals surface area contributed by atoms with Gasteiger partial charge in [-0.3, -0.25) is 19.3 Å². The van der Waals surface area contributed by atoms with Crippen LogP contribution in [0, 0.1) is 3.57 Å². The van der Waals surface area contributed by atoms with Gasteiger partial charge in [-0.05, 0) is 106 Å². The van der Waals surface area contributed by atoms with Gasteiger partial charge in [0.25, 0.3) is 11.1 Å². The number of nitrogens with zero attached hydrogens (tertiary/aromatic N) is 1. The van der Waals surface area contributed by atoms with E-state index in [1.807, 2.05) is 37.3 Å². The molecular formula is C31H24ClIN2O5S. The van der Waals surface area contributed by atoms with Crippen molar-refractivity contribution in [2.45, 2.75) is 13.5 Å². The summed E-state index contributed by atoms with van der Waals surface area (Å²) in [4.78, 5) is 39.3. The van der Waals surface area contributed by atoms with E-state index >= 15 is 0 Å². The van der Waals surface area contributed by atoms with Crippen molar-refractivity contribution >= 4 is 85.5 Å². The minimum Gasteiger partial charge on any atom is -0.490 e. The Hall–Kier alpha value is -3.54. The van der Waals surface area contributed by atoms with Gasteiger partial charge < -0.3 is 14.8 Å². The van der Waals surface area contributed by atoms with Crippen LogP contribution in [0.3, 0.4) is 0 Å². The first kappa shape index (κ1) is 29.0. The first-order valence-corrected chi connectivity index (χ1v) is 15.0. The minimum absolute atomic E-state index is 0.219. The summed E-state index contributed by atoms with van der Waals surface area (Å²) >= 11 is 8.85. The number of carbonyl (C=O) groups excluding carboxylic acids is 3. The van der Waals surface area contributed by atoms with Crippen LogP contribution < -0.4 is 14.8 Å². The normalized spacial score (nSPS) is 14.1. The molecule has 4 aromatic carbocycles. The fraction of sp³-hybridized carbons (Fsp3) is 0.129. The highest BCUT2D eigenvalue weighted by atomic mass is 127. The molecular weight excluding hydrogens is 675 g/mol. The van der Waals surface area contributed by atoms with Crippen molar-refractivity contribution in [3.8, 4) is 11.5 Å². The van der Waals surface area contributed by atoms with E-state index in [1.54, 1.807) is 36.4 Å². The predicted molar refractivity (Wildman–Crippen MR) is 171 cm³/mol. The van der Waals surface area contributed by atoms with E-state index in [9.17, 15) is 14.4 Å². The summed E-state index contributed by atoms with van der Waals surface area (Å²) in [5.74, 6) is 0.115. The van der Waals surface area contributed by atoms with Crippen molar-refractivity contribution in [3.05, 3.63) is 103 Å². The predicted octanol–water partition coefficient (Wildman–Crippen LogP) is 7.75. The lowest BCUT2D eigenvalue weighted by atomic mass is 10.1. The van der Waals surface area contributed by atoms with Gasteiger partial charge in [0.2, 0.25) is 5.91 Å². The molecule has 3 amide bonds. The molecule has 0 bridgehead atoms. The van der Waals surface area contributed by atoms with Crippen LogP contribution in [0.2, 0.25) is 5.02 Å². The number of anilines is 1. The Morgan fingerprint density at radius 1 is 1.02 bits per heavy atom. The van der Waals surface area contributed by atoms with Crippen molar-refractivity contribution in [1.82, 2.24) is 4.90 Å². The van der Waals surface area contributed by atoms with E-state index in [0.29, 0.717) is 41.0 Å². The summed E-state index contributed by atoms with van der Waals surface area (Å²) in [5, 5.41) is 4.95. The topological polar surface area (TPSA) is 84.9 Å². The molecule has 41 heavy (non-hydrogen) atoms. The minimum atomic E-state index is -0.532. The summed E-state index contributed by atoms with van der Waals surface area (Å²) < 4.78 is 12.9. The van der Waals surface area contributed by atoms with Crippen LogP contribution in [-0.2, 0) is 16.2 Å². The average molecular weight is 699 g/mol. The van der Waals surface area contributed by atoms with E-state index in [1.165, 1.54) is 0 Å². The number of hydrogen-bond donors (Lipinski definition) is 1. The van der Waals surface area contributed by atoms with Crippen LogP contribution in [0.15, 0.2) is 83.8 Å². The van der Waals surface area contributed by atoms with E-state index in [4.69, 9.17) is 21.1 Å². The Morgan fingerprint density at radius 3 is 2.56 bits per heavy atom. The van der Waals surface area contributed by atoms with Crippen molar-refractivity contribution < 1.29 is 23.9 Å². The highest BCUT2D eigenvalue weighted by Crippen LogP contribution is 2.38. The Kier molecular flexibility index (Phi) is 9.16. The van der Waals surface area contributed by atoms with Crippen LogP contribution in [0.25, 0.3) is 16.8 Å². The van der Waals surface area contributed by atoms with Crippen LogP contribution in [-0.4, -0.2) is 35.1 Å². The maximum atomic E-state index is 13.0. The first-order valence-electron chi connectivity index (χ1n) is 12.7. The van der Waals surface area contributed by atoms with Gasteiger partial charge in [-0.15, -0.1) is 0 Å². The summed E-state index contributed by atoms with van der Waals surface area (Å²) in [6.45, 7) is 2.26. The summed E-state index contributed by atoms with van der Waals surface area (Å²) in [7, 11) is 0. The highest BCUT2D eigenvalue weighted by molar-refractivity contribution is 14.1. The molecule has 1 aliphatic heterocycles. The van der Waals surface area contributed by atoms with Crippen LogP contribution >= 0.6 is 46.0 Å². The zero-order chi connectivity index (χ0) is 28.9. The van der Waals surface area contributed by atoms with Crippen molar-refractivity contribution in [2.75, 3.05) is 18.5 Å². The number of ether oxygens (including phenoxy) is 2. The second kappa shape index (κ2) is 13.0. The number of amides is 3. The summed E-state index contributed by atoms with van der Waals surface area (Å²) in [6.07, 6.45) is 1.63. The second-order valence-corrected chi connectivity index (χ2v) is 11.6. The fourth-order valence-electron chi connectivity index (χ4n) is 4.31. The number of hydrogen-bond acceptors (Lipinski definition) is 6. The van der Waals surface area contributed by atoms with E-state index < -0.39 is 23.6 Å². The van der Waals surface area contributed by atoms with Gasteiger partial charge in [0.15, 0.2) is 11.5 Å². The highest BCUT2D eigenvalue weighted by Gasteiger charge is 2.36. The maximum absolute atomic E-state index is 13.0. The largest absolute Gasteiger partial charge is 0.490 e. The smallest absolute Gasteiger partial charge is 0.294 e. The molecule has 1 aliphatic rings. The quantitative estimate of drug-likeness (QED) is 0.142. The Bertz CT molecular complexity index is 1670. The molecule has 1 heterocycles. The number of imide groups is 1. The van der Waals surface area contributed by atoms with Gasteiger partial charge in [-0.2, -0.15) is 0 Å². The molecule has 0 unspecified atom stereocenters. The standard InChI is InChI=1S/C31H24ClIN2O5S/c1-2-39-26-15-19(14-25(33)29(26)40-18-21-8-5-7-20-6-3-4-9-24(20)21)16-27-30(37)35(31(38)41-27)17-28(36)34-23-12-10-22(32)11-13-23/h3-16H,2,17-18H2,1H3,(H,34,36)/b27-16+. The molecule has 0 aromatic heterocycles. The van der Waals surface area contributed by atoms with Gasteiger partial charge in [-0.1, -0.05) is 54.1 Å². The lowest BCUT2D eigenvalue weighted by Gasteiger charge is -2.16. The maximum Gasteiger partial charge on any atom is 0.294 e. The van der Waals surface area contributed by atoms with E-state index in [-0.39, 0.29) is 4.91 Å². The molecule has 208 valence electrons. The molecule has 0 radical (unpaired) electrons. The lowest BCUT2D eigenvalue weighted by Crippen LogP contribution is -2.36. The van der Waals surface area contributed by atoms with Gasteiger partial charge in [0.05, 0.1) is 15.1 Å². The molecule has 1 N–H and O–H groups in total. The van der Waals surface area contributed by atoms with Crippen LogP contribution in [0.4, 0.5) is 10.5 Å². The van der Waals surface area contributed by atoms with Gasteiger partial charge in [0, 0.05) is 10.7 Å². The molecule has 5 rings (SSSR count). The van der Waals surface area contributed by atoms with Crippen LogP contribution in [0.1, 0.15) is 18.1 Å². The fourth-order valence-corrected chi connectivity index (χ4v) is 6.05. The molecule has 0 saturated carbocycles.